The van der Waals surface area contributed by atoms with Crippen molar-refractivity contribution in [3.05, 3.63) is 30.5 Å². The van der Waals surface area contributed by atoms with Crippen molar-refractivity contribution in [1.82, 2.24) is 9.21 Å². The zero-order valence-corrected chi connectivity index (χ0v) is 16.7. The molecular weight excluding hydrogens is 356 g/mol. The molecule has 1 aromatic heterocycles. The van der Waals surface area contributed by atoms with Gasteiger partial charge in [-0.3, -0.25) is 4.90 Å². The van der Waals surface area contributed by atoms with Crippen LogP contribution in [0.3, 0.4) is 0 Å². The highest BCUT2D eigenvalue weighted by Gasteiger charge is 2.53. The zero-order valence-electron chi connectivity index (χ0n) is 15.9. The van der Waals surface area contributed by atoms with Crippen molar-refractivity contribution < 1.29 is 9.15 Å². The Balaban J connectivity index is 1.04. The van der Waals surface area contributed by atoms with Gasteiger partial charge in [-0.25, -0.2) is 4.31 Å². The van der Waals surface area contributed by atoms with E-state index < -0.39 is 0 Å². The summed E-state index contributed by atoms with van der Waals surface area (Å²) in [6.07, 6.45) is 8.79. The normalized spacial score (nSPS) is 30.0. The number of ether oxygens (including phenoxy) is 1. The van der Waals surface area contributed by atoms with Crippen LogP contribution in [0.5, 0.6) is 0 Å². The van der Waals surface area contributed by atoms with Crippen LogP contribution in [0.2, 0.25) is 0 Å². The van der Waals surface area contributed by atoms with Crippen molar-refractivity contribution in [1.29, 1.82) is 0 Å². The monoisotopic (exact) mass is 384 g/mol. The molecule has 0 bridgehead atoms. The fourth-order valence-electron chi connectivity index (χ4n) is 5.78. The van der Waals surface area contributed by atoms with Gasteiger partial charge in [0.2, 0.25) is 0 Å². The number of furan rings is 1. The second kappa shape index (κ2) is 6.24. The second-order valence-corrected chi connectivity index (χ2v) is 10.6. The van der Waals surface area contributed by atoms with E-state index in [1.165, 1.54) is 68.6 Å². The van der Waals surface area contributed by atoms with Gasteiger partial charge < -0.3 is 9.15 Å². The summed E-state index contributed by atoms with van der Waals surface area (Å²) in [6, 6.07) is 9.45. The van der Waals surface area contributed by atoms with Crippen molar-refractivity contribution in [2.45, 2.75) is 43.0 Å². The summed E-state index contributed by atoms with van der Waals surface area (Å²) < 4.78 is 13.6. The molecule has 27 heavy (non-hydrogen) atoms. The minimum Gasteiger partial charge on any atom is -0.464 e. The number of fused-ring (bicyclic) bond motifs is 1. The summed E-state index contributed by atoms with van der Waals surface area (Å²) in [5.74, 6) is 0. The number of piperidine rings is 1. The maximum absolute atomic E-state index is 5.56. The molecule has 4 nitrogen and oxygen atoms in total. The SMILES string of the molecule is c1cc2ccc(SN3CCC4(CCC(N5CC6(COC6)C5)C4)CC3)cc2o1. The Hall–Kier alpha value is -1.01. The second-order valence-electron chi connectivity index (χ2n) is 9.43. The van der Waals surface area contributed by atoms with Crippen LogP contribution in [0.4, 0.5) is 0 Å². The lowest BCUT2D eigenvalue weighted by Crippen LogP contribution is -2.67. The van der Waals surface area contributed by atoms with E-state index >= 15 is 0 Å². The van der Waals surface area contributed by atoms with Crippen LogP contribution >= 0.6 is 11.9 Å². The minimum atomic E-state index is 0.560. The molecule has 1 aromatic carbocycles. The lowest BCUT2D eigenvalue weighted by atomic mass is 9.75. The van der Waals surface area contributed by atoms with Gasteiger partial charge in [0.15, 0.2) is 0 Å². The molecule has 0 radical (unpaired) electrons. The van der Waals surface area contributed by atoms with Crippen LogP contribution in [0.25, 0.3) is 11.0 Å². The minimum absolute atomic E-state index is 0.560. The summed E-state index contributed by atoms with van der Waals surface area (Å²) in [7, 11) is 0. The molecule has 2 aromatic rings. The van der Waals surface area contributed by atoms with Gasteiger partial charge in [-0.15, -0.1) is 0 Å². The van der Waals surface area contributed by atoms with Crippen molar-refractivity contribution in [2.75, 3.05) is 39.4 Å². The standard InChI is InChI=1S/C22H28N2O2S/c1-2-19(11-20-17(1)4-10-26-20)27-24-8-6-21(7-9-24)5-3-18(12-21)23-13-22(14-23)15-25-16-22/h1-2,4,10-11,18H,3,5-9,12-16H2. The first-order valence-corrected chi connectivity index (χ1v) is 11.2. The van der Waals surface area contributed by atoms with Gasteiger partial charge in [0.25, 0.3) is 0 Å². The third-order valence-corrected chi connectivity index (χ3v) is 8.62. The average molecular weight is 385 g/mol. The van der Waals surface area contributed by atoms with Crippen LogP contribution in [-0.4, -0.2) is 54.6 Å². The molecule has 0 amide bonds. The molecular formula is C22H28N2O2S. The number of hydrogen-bond acceptors (Lipinski definition) is 5. The van der Waals surface area contributed by atoms with E-state index in [9.17, 15) is 0 Å². The van der Waals surface area contributed by atoms with E-state index in [-0.39, 0.29) is 0 Å². The molecule has 4 fully saturated rings. The Morgan fingerprint density at radius 3 is 2.63 bits per heavy atom. The molecule has 4 heterocycles. The van der Waals surface area contributed by atoms with Crippen LogP contribution in [0.1, 0.15) is 32.1 Å². The molecule has 2 spiro atoms. The average Bonchev–Trinajstić information content (AvgIpc) is 3.22. The van der Waals surface area contributed by atoms with E-state index in [1.54, 1.807) is 6.26 Å². The summed E-state index contributed by atoms with van der Waals surface area (Å²) in [6.45, 7) is 7.04. The Morgan fingerprint density at radius 1 is 1.00 bits per heavy atom. The van der Waals surface area contributed by atoms with Crippen LogP contribution in [-0.2, 0) is 4.74 Å². The van der Waals surface area contributed by atoms with E-state index in [1.807, 2.05) is 18.0 Å². The van der Waals surface area contributed by atoms with Gasteiger partial charge in [-0.05, 0) is 73.7 Å². The number of benzene rings is 1. The third-order valence-electron chi connectivity index (χ3n) is 7.53. The van der Waals surface area contributed by atoms with Gasteiger partial charge in [-0.2, -0.15) is 0 Å². The van der Waals surface area contributed by atoms with E-state index in [4.69, 9.17) is 9.15 Å². The molecule has 4 aliphatic rings. The Labute approximate surface area is 165 Å². The van der Waals surface area contributed by atoms with Crippen LogP contribution < -0.4 is 0 Å². The first kappa shape index (κ1) is 16.9. The zero-order chi connectivity index (χ0) is 17.9. The molecule has 3 aliphatic heterocycles. The maximum Gasteiger partial charge on any atom is 0.135 e. The summed E-state index contributed by atoms with van der Waals surface area (Å²) in [5, 5.41) is 1.19. The quantitative estimate of drug-likeness (QED) is 0.731. The number of hydrogen-bond donors (Lipinski definition) is 0. The lowest BCUT2D eigenvalue weighted by molar-refractivity contribution is -0.198. The third kappa shape index (κ3) is 2.94. The Bertz CT molecular complexity index is 830. The number of nitrogens with zero attached hydrogens (tertiary/aromatic N) is 2. The van der Waals surface area contributed by atoms with Crippen LogP contribution in [0.15, 0.2) is 39.8 Å². The topological polar surface area (TPSA) is 28.9 Å². The predicted molar refractivity (Wildman–Crippen MR) is 108 cm³/mol. The highest BCUT2D eigenvalue weighted by Crippen LogP contribution is 2.51. The largest absolute Gasteiger partial charge is 0.464 e. The molecule has 1 saturated carbocycles. The maximum atomic E-state index is 5.56. The van der Waals surface area contributed by atoms with Gasteiger partial charge >= 0.3 is 0 Å². The Kier molecular flexibility index (Phi) is 3.91. The first-order valence-electron chi connectivity index (χ1n) is 10.4. The highest BCUT2D eigenvalue weighted by atomic mass is 32.2. The molecule has 1 atom stereocenters. The van der Waals surface area contributed by atoms with Crippen molar-refractivity contribution in [3.8, 4) is 0 Å². The van der Waals surface area contributed by atoms with E-state index in [0.717, 1.165) is 24.8 Å². The summed E-state index contributed by atoms with van der Waals surface area (Å²) >= 11 is 1.91. The Morgan fingerprint density at radius 2 is 1.85 bits per heavy atom. The molecule has 6 rings (SSSR count). The van der Waals surface area contributed by atoms with Crippen molar-refractivity contribution >= 4 is 22.9 Å². The van der Waals surface area contributed by atoms with Gasteiger partial charge in [-0.1, -0.05) is 0 Å². The van der Waals surface area contributed by atoms with Crippen LogP contribution in [0, 0.1) is 10.8 Å². The molecule has 1 aliphatic carbocycles. The number of likely N-dealkylation sites (tertiary alicyclic amines) is 1. The van der Waals surface area contributed by atoms with E-state index in [0.29, 0.717) is 10.8 Å². The van der Waals surface area contributed by atoms with E-state index in [2.05, 4.69) is 27.4 Å². The smallest absolute Gasteiger partial charge is 0.135 e. The fourth-order valence-corrected chi connectivity index (χ4v) is 6.73. The molecule has 1 unspecified atom stereocenters. The molecule has 3 saturated heterocycles. The van der Waals surface area contributed by atoms with Gasteiger partial charge in [0.1, 0.15) is 5.58 Å². The highest BCUT2D eigenvalue weighted by molar-refractivity contribution is 7.97. The van der Waals surface area contributed by atoms with Crippen molar-refractivity contribution in [2.24, 2.45) is 10.8 Å². The first-order chi connectivity index (χ1) is 13.2. The summed E-state index contributed by atoms with van der Waals surface area (Å²) in [5.41, 5.74) is 2.17. The lowest BCUT2D eigenvalue weighted by Gasteiger charge is -2.57. The van der Waals surface area contributed by atoms with Gasteiger partial charge in [0.05, 0.1) is 19.5 Å². The molecule has 0 N–H and O–H groups in total. The van der Waals surface area contributed by atoms with Crippen molar-refractivity contribution in [3.63, 3.8) is 0 Å². The van der Waals surface area contributed by atoms with Gasteiger partial charge in [0, 0.05) is 47.9 Å². The molecule has 144 valence electrons. The molecule has 5 heteroatoms. The predicted octanol–water partition coefficient (Wildman–Crippen LogP) is 4.41. The fraction of sp³-hybridized carbons (Fsp3) is 0.636. The number of rotatable bonds is 3. The summed E-state index contributed by atoms with van der Waals surface area (Å²) in [4.78, 5) is 4.06.